The van der Waals surface area contributed by atoms with Gasteiger partial charge in [-0.1, -0.05) is 11.6 Å². The van der Waals surface area contributed by atoms with Crippen LogP contribution in [0.3, 0.4) is 0 Å². The van der Waals surface area contributed by atoms with Crippen LogP contribution in [-0.4, -0.2) is 26.6 Å². The van der Waals surface area contributed by atoms with Crippen LogP contribution >= 0.6 is 11.6 Å². The van der Waals surface area contributed by atoms with Crippen molar-refractivity contribution in [1.29, 1.82) is 0 Å². The van der Waals surface area contributed by atoms with Gasteiger partial charge in [0.15, 0.2) is 0 Å². The highest BCUT2D eigenvalue weighted by Crippen LogP contribution is 2.27. The fourth-order valence-corrected chi connectivity index (χ4v) is 2.21. The van der Waals surface area contributed by atoms with Crippen molar-refractivity contribution in [1.82, 2.24) is 24.9 Å². The number of aromatic nitrogens is 4. The molecule has 5 nitrogen and oxygen atoms in total. The summed E-state index contributed by atoms with van der Waals surface area (Å²) in [6, 6.07) is 0.0126. The maximum Gasteiger partial charge on any atom is 0.0837 e. The van der Waals surface area contributed by atoms with E-state index in [0.717, 1.165) is 17.8 Å². The Morgan fingerprint density at radius 1 is 1.41 bits per heavy atom. The minimum atomic E-state index is 0.0126. The molecule has 0 fully saturated rings. The molecule has 2 aromatic heterocycles. The second-order valence-electron chi connectivity index (χ2n) is 3.86. The molecule has 2 heterocycles. The van der Waals surface area contributed by atoms with E-state index in [-0.39, 0.29) is 6.04 Å². The largest absolute Gasteiger partial charge is 0.308 e. The molecule has 0 aliphatic carbocycles. The van der Waals surface area contributed by atoms with Gasteiger partial charge in [-0.05, 0) is 14.0 Å². The zero-order valence-electron chi connectivity index (χ0n) is 10.2. The first kappa shape index (κ1) is 12.1. The topological polar surface area (TPSA) is 47.7 Å². The first-order chi connectivity index (χ1) is 8.17. The second-order valence-corrected chi connectivity index (χ2v) is 4.27. The molecule has 0 amide bonds. The van der Waals surface area contributed by atoms with Crippen molar-refractivity contribution < 1.29 is 0 Å². The predicted molar refractivity (Wildman–Crippen MR) is 67.0 cm³/mol. The van der Waals surface area contributed by atoms with Crippen LogP contribution in [-0.2, 0) is 13.6 Å². The molecule has 0 saturated heterocycles. The Labute approximate surface area is 105 Å². The number of aryl methyl sites for hydroxylation is 2. The number of nitrogens with zero attached hydrogens (tertiary/aromatic N) is 4. The first-order valence-electron chi connectivity index (χ1n) is 5.54. The smallest absolute Gasteiger partial charge is 0.0837 e. The third kappa shape index (κ3) is 2.21. The van der Waals surface area contributed by atoms with Gasteiger partial charge in [0, 0.05) is 25.4 Å². The molecule has 6 heteroatoms. The van der Waals surface area contributed by atoms with E-state index in [0.29, 0.717) is 5.02 Å². The van der Waals surface area contributed by atoms with Crippen LogP contribution in [0.15, 0.2) is 18.6 Å². The SMILES string of the molecule is CCn1ncc(Cl)c1C(NC)c1cnn(C)c1. The molecule has 2 rings (SSSR count). The van der Waals surface area contributed by atoms with Crippen molar-refractivity contribution in [3.63, 3.8) is 0 Å². The van der Waals surface area contributed by atoms with Crippen molar-refractivity contribution in [2.45, 2.75) is 19.5 Å². The van der Waals surface area contributed by atoms with Gasteiger partial charge >= 0.3 is 0 Å². The minimum Gasteiger partial charge on any atom is -0.308 e. The van der Waals surface area contributed by atoms with E-state index in [1.807, 2.05) is 38.1 Å². The van der Waals surface area contributed by atoms with Gasteiger partial charge in [0.05, 0.1) is 29.2 Å². The average molecular weight is 254 g/mol. The highest BCUT2D eigenvalue weighted by molar-refractivity contribution is 6.31. The molecule has 0 spiro atoms. The molecule has 1 N–H and O–H groups in total. The van der Waals surface area contributed by atoms with E-state index in [1.165, 1.54) is 0 Å². The summed E-state index contributed by atoms with van der Waals surface area (Å²) in [6.07, 6.45) is 5.50. The molecule has 0 aliphatic heterocycles. The van der Waals surface area contributed by atoms with Crippen LogP contribution < -0.4 is 5.32 Å². The van der Waals surface area contributed by atoms with Crippen LogP contribution in [0.1, 0.15) is 24.2 Å². The Morgan fingerprint density at radius 3 is 2.71 bits per heavy atom. The predicted octanol–water partition coefficient (Wildman–Crippen LogP) is 1.60. The normalized spacial score (nSPS) is 12.9. The summed E-state index contributed by atoms with van der Waals surface area (Å²) in [5.74, 6) is 0. The van der Waals surface area contributed by atoms with Crippen molar-refractivity contribution in [3.05, 3.63) is 34.9 Å². The Morgan fingerprint density at radius 2 is 2.18 bits per heavy atom. The van der Waals surface area contributed by atoms with E-state index in [4.69, 9.17) is 11.6 Å². The van der Waals surface area contributed by atoms with Gasteiger partial charge in [-0.3, -0.25) is 9.36 Å². The molecular weight excluding hydrogens is 238 g/mol. The van der Waals surface area contributed by atoms with Crippen LogP contribution in [0.4, 0.5) is 0 Å². The molecular formula is C11H16ClN5. The Kier molecular flexibility index (Phi) is 3.49. The van der Waals surface area contributed by atoms with E-state index in [1.54, 1.807) is 10.9 Å². The fourth-order valence-electron chi connectivity index (χ4n) is 1.96. The van der Waals surface area contributed by atoms with E-state index >= 15 is 0 Å². The van der Waals surface area contributed by atoms with Crippen LogP contribution in [0, 0.1) is 0 Å². The highest BCUT2D eigenvalue weighted by Gasteiger charge is 2.21. The minimum absolute atomic E-state index is 0.0126. The van der Waals surface area contributed by atoms with Gasteiger partial charge in [-0.2, -0.15) is 10.2 Å². The zero-order valence-corrected chi connectivity index (χ0v) is 10.9. The number of nitrogens with one attached hydrogen (secondary N) is 1. The lowest BCUT2D eigenvalue weighted by Crippen LogP contribution is -2.21. The standard InChI is InChI=1S/C11H16ClN5/c1-4-17-11(9(12)6-15-17)10(13-2)8-5-14-16(3)7-8/h5-7,10,13H,4H2,1-3H3. The van der Waals surface area contributed by atoms with Crippen LogP contribution in [0.5, 0.6) is 0 Å². The van der Waals surface area contributed by atoms with Crippen LogP contribution in [0.25, 0.3) is 0 Å². The van der Waals surface area contributed by atoms with Crippen molar-refractivity contribution in [2.75, 3.05) is 7.05 Å². The zero-order chi connectivity index (χ0) is 12.4. The molecule has 0 bridgehead atoms. The Hall–Kier alpha value is -1.33. The molecule has 1 unspecified atom stereocenters. The van der Waals surface area contributed by atoms with Crippen molar-refractivity contribution >= 4 is 11.6 Å². The van der Waals surface area contributed by atoms with Gasteiger partial charge < -0.3 is 5.32 Å². The van der Waals surface area contributed by atoms with E-state index in [2.05, 4.69) is 15.5 Å². The molecule has 0 saturated carbocycles. The summed E-state index contributed by atoms with van der Waals surface area (Å²) in [4.78, 5) is 0. The third-order valence-electron chi connectivity index (χ3n) is 2.75. The number of hydrogen-bond donors (Lipinski definition) is 1. The number of rotatable bonds is 4. The fraction of sp³-hybridized carbons (Fsp3) is 0.455. The molecule has 17 heavy (non-hydrogen) atoms. The van der Waals surface area contributed by atoms with E-state index < -0.39 is 0 Å². The van der Waals surface area contributed by atoms with Crippen LogP contribution in [0.2, 0.25) is 5.02 Å². The molecule has 0 aliphatic rings. The molecule has 2 aromatic rings. The lowest BCUT2D eigenvalue weighted by atomic mass is 10.1. The number of hydrogen-bond acceptors (Lipinski definition) is 3. The third-order valence-corrected chi connectivity index (χ3v) is 3.04. The summed E-state index contributed by atoms with van der Waals surface area (Å²) in [6.45, 7) is 2.84. The highest BCUT2D eigenvalue weighted by atomic mass is 35.5. The molecule has 92 valence electrons. The summed E-state index contributed by atoms with van der Waals surface area (Å²) in [5, 5.41) is 12.4. The second kappa shape index (κ2) is 4.89. The maximum absolute atomic E-state index is 6.20. The van der Waals surface area contributed by atoms with Crippen molar-refractivity contribution in [3.8, 4) is 0 Å². The van der Waals surface area contributed by atoms with Gasteiger partial charge in [0.25, 0.3) is 0 Å². The lowest BCUT2D eigenvalue weighted by molar-refractivity contribution is 0.563. The van der Waals surface area contributed by atoms with Crippen molar-refractivity contribution in [2.24, 2.45) is 7.05 Å². The summed E-state index contributed by atoms with van der Waals surface area (Å²) in [5.41, 5.74) is 2.05. The average Bonchev–Trinajstić information content (AvgIpc) is 2.89. The molecule has 0 radical (unpaired) electrons. The molecule has 0 aromatic carbocycles. The summed E-state index contributed by atoms with van der Waals surface area (Å²) >= 11 is 6.20. The summed E-state index contributed by atoms with van der Waals surface area (Å²) in [7, 11) is 3.80. The summed E-state index contributed by atoms with van der Waals surface area (Å²) < 4.78 is 3.68. The Bertz CT molecular complexity index is 502. The maximum atomic E-state index is 6.20. The van der Waals surface area contributed by atoms with Gasteiger partial charge in [0.1, 0.15) is 0 Å². The number of halogens is 1. The van der Waals surface area contributed by atoms with Gasteiger partial charge in [-0.15, -0.1) is 0 Å². The van der Waals surface area contributed by atoms with Gasteiger partial charge in [0.2, 0.25) is 0 Å². The van der Waals surface area contributed by atoms with E-state index in [9.17, 15) is 0 Å². The lowest BCUT2D eigenvalue weighted by Gasteiger charge is -2.16. The first-order valence-corrected chi connectivity index (χ1v) is 5.92. The quantitative estimate of drug-likeness (QED) is 0.900. The van der Waals surface area contributed by atoms with Gasteiger partial charge in [-0.25, -0.2) is 0 Å². The monoisotopic (exact) mass is 253 g/mol. The molecule has 1 atom stereocenters. The Balaban J connectivity index is 2.44.